The molecule has 0 aliphatic heterocycles. The molecule has 0 saturated heterocycles. The maximum atomic E-state index is 12.3. The van der Waals surface area contributed by atoms with E-state index < -0.39 is 17.5 Å². The van der Waals surface area contributed by atoms with Crippen LogP contribution in [-0.2, 0) is 4.74 Å². The third-order valence-electron chi connectivity index (χ3n) is 5.02. The Kier molecular flexibility index (Phi) is 6.57. The molecule has 0 bridgehead atoms. The van der Waals surface area contributed by atoms with Gasteiger partial charge in [-0.1, -0.05) is 43.5 Å². The lowest BCUT2D eigenvalue weighted by atomic mass is 9.84. The normalized spacial score (nSPS) is 14.5. The fourth-order valence-corrected chi connectivity index (χ4v) is 3.85. The second-order valence-corrected chi connectivity index (χ2v) is 7.73. The summed E-state index contributed by atoms with van der Waals surface area (Å²) in [5.74, 6) is -0.526. The topological polar surface area (TPSA) is 86.5 Å². The summed E-state index contributed by atoms with van der Waals surface area (Å²) in [6.45, 7) is -0.411. The summed E-state index contributed by atoms with van der Waals surface area (Å²) in [6.07, 6.45) is 6.15. The summed E-state index contributed by atoms with van der Waals surface area (Å²) in [5.41, 5.74) is 1.51. The Bertz CT molecular complexity index is 888. The van der Waals surface area contributed by atoms with E-state index in [4.69, 9.17) is 4.74 Å². The monoisotopic (exact) mass is 445 g/mol. The molecule has 0 atom stereocenters. The smallest absolute Gasteiger partial charge is 0.338 e. The minimum Gasteiger partial charge on any atom is -0.454 e. The van der Waals surface area contributed by atoms with Gasteiger partial charge in [-0.15, -0.1) is 0 Å². The van der Waals surface area contributed by atoms with Crippen LogP contribution in [0.5, 0.6) is 0 Å². The van der Waals surface area contributed by atoms with Crippen molar-refractivity contribution in [2.45, 2.75) is 38.0 Å². The second-order valence-electron chi connectivity index (χ2n) is 6.88. The van der Waals surface area contributed by atoms with Gasteiger partial charge in [0, 0.05) is 11.6 Å². The molecule has 0 aromatic heterocycles. The molecule has 0 amide bonds. The lowest BCUT2D eigenvalue weighted by molar-refractivity contribution is -0.385. The van der Waals surface area contributed by atoms with Crippen molar-refractivity contribution in [1.82, 2.24) is 0 Å². The quantitative estimate of drug-likeness (QED) is 0.255. The number of nitro groups is 1. The molecular formula is C21H20BrNO5. The molecule has 1 aliphatic carbocycles. The lowest BCUT2D eigenvalue weighted by Crippen LogP contribution is -2.14. The predicted molar refractivity (Wildman–Crippen MR) is 108 cm³/mol. The summed E-state index contributed by atoms with van der Waals surface area (Å²) >= 11 is 3.06. The van der Waals surface area contributed by atoms with Gasteiger partial charge in [0.2, 0.25) is 0 Å². The zero-order valence-corrected chi connectivity index (χ0v) is 16.8. The Balaban J connectivity index is 1.60. The van der Waals surface area contributed by atoms with Crippen LogP contribution in [0.2, 0.25) is 0 Å². The molecule has 0 N–H and O–H groups in total. The van der Waals surface area contributed by atoms with Crippen molar-refractivity contribution in [1.29, 1.82) is 0 Å². The molecule has 0 unspecified atom stereocenters. The van der Waals surface area contributed by atoms with Crippen LogP contribution in [-0.4, -0.2) is 23.3 Å². The molecular weight excluding hydrogens is 426 g/mol. The Morgan fingerprint density at radius 2 is 1.68 bits per heavy atom. The van der Waals surface area contributed by atoms with Crippen molar-refractivity contribution in [2.75, 3.05) is 6.61 Å². The molecule has 146 valence electrons. The number of carbonyl (C=O) groups is 2. The number of esters is 1. The van der Waals surface area contributed by atoms with Crippen LogP contribution in [0.1, 0.15) is 64.3 Å². The Morgan fingerprint density at radius 3 is 2.32 bits per heavy atom. The average Bonchev–Trinajstić information content (AvgIpc) is 2.72. The highest BCUT2D eigenvalue weighted by Crippen LogP contribution is 2.32. The SMILES string of the molecule is O=C(COC(=O)c1ccc(Br)c([N+](=O)[O-])c1)c1ccc(C2CCCCC2)cc1. The van der Waals surface area contributed by atoms with Crippen LogP contribution in [0.25, 0.3) is 0 Å². The number of ketones is 1. The largest absolute Gasteiger partial charge is 0.454 e. The van der Waals surface area contributed by atoms with E-state index in [2.05, 4.69) is 15.9 Å². The first-order valence-electron chi connectivity index (χ1n) is 9.20. The van der Waals surface area contributed by atoms with Crippen LogP contribution >= 0.6 is 15.9 Å². The number of ether oxygens (including phenoxy) is 1. The highest BCUT2D eigenvalue weighted by molar-refractivity contribution is 9.10. The van der Waals surface area contributed by atoms with Crippen molar-refractivity contribution in [3.05, 3.63) is 73.7 Å². The van der Waals surface area contributed by atoms with Gasteiger partial charge in [-0.05, 0) is 52.4 Å². The number of Topliss-reactive ketones (excluding diaryl/α,β-unsaturated/α-hetero) is 1. The van der Waals surface area contributed by atoms with Crippen LogP contribution in [0.4, 0.5) is 5.69 Å². The Labute approximate surface area is 171 Å². The first kappa shape index (κ1) is 20.2. The van der Waals surface area contributed by atoms with Crippen LogP contribution in [0.3, 0.4) is 0 Å². The molecule has 7 heteroatoms. The molecule has 6 nitrogen and oxygen atoms in total. The number of halogens is 1. The van der Waals surface area contributed by atoms with Crippen molar-refractivity contribution in [2.24, 2.45) is 0 Å². The molecule has 0 radical (unpaired) electrons. The molecule has 2 aromatic rings. The van der Waals surface area contributed by atoms with E-state index in [1.807, 2.05) is 12.1 Å². The number of hydrogen-bond acceptors (Lipinski definition) is 5. The van der Waals surface area contributed by atoms with E-state index >= 15 is 0 Å². The van der Waals surface area contributed by atoms with Gasteiger partial charge in [-0.3, -0.25) is 14.9 Å². The summed E-state index contributed by atoms with van der Waals surface area (Å²) < 4.78 is 5.31. The predicted octanol–water partition coefficient (Wildman–Crippen LogP) is 5.44. The lowest BCUT2D eigenvalue weighted by Gasteiger charge is -2.22. The number of benzene rings is 2. The van der Waals surface area contributed by atoms with Gasteiger partial charge in [-0.2, -0.15) is 0 Å². The third kappa shape index (κ3) is 4.84. The molecule has 3 rings (SSSR count). The van der Waals surface area contributed by atoms with Crippen molar-refractivity contribution in [3.8, 4) is 0 Å². The van der Waals surface area contributed by atoms with Crippen LogP contribution < -0.4 is 0 Å². The van der Waals surface area contributed by atoms with Gasteiger partial charge >= 0.3 is 5.97 Å². The van der Waals surface area contributed by atoms with Crippen molar-refractivity contribution < 1.29 is 19.2 Å². The van der Waals surface area contributed by atoms with Crippen LogP contribution in [0.15, 0.2) is 46.9 Å². The van der Waals surface area contributed by atoms with Crippen molar-refractivity contribution >= 4 is 33.4 Å². The van der Waals surface area contributed by atoms with Gasteiger partial charge in [0.15, 0.2) is 12.4 Å². The summed E-state index contributed by atoms with van der Waals surface area (Å²) in [7, 11) is 0. The number of carbonyl (C=O) groups excluding carboxylic acids is 2. The Hall–Kier alpha value is -2.54. The number of nitrogens with zero attached hydrogens (tertiary/aromatic N) is 1. The van der Waals surface area contributed by atoms with E-state index in [1.165, 1.54) is 49.8 Å². The Morgan fingerprint density at radius 1 is 1.04 bits per heavy atom. The van der Waals surface area contributed by atoms with Crippen molar-refractivity contribution in [3.63, 3.8) is 0 Å². The summed E-state index contributed by atoms with van der Waals surface area (Å²) in [6, 6.07) is 11.4. The fourth-order valence-electron chi connectivity index (χ4n) is 3.45. The second kappa shape index (κ2) is 9.10. The number of rotatable bonds is 6. The van der Waals surface area contributed by atoms with Gasteiger partial charge in [0.1, 0.15) is 0 Å². The van der Waals surface area contributed by atoms with E-state index in [0.717, 1.165) is 6.07 Å². The zero-order chi connectivity index (χ0) is 20.1. The number of hydrogen-bond donors (Lipinski definition) is 0. The molecule has 1 aliphatic rings. The minimum absolute atomic E-state index is 0.0235. The van der Waals surface area contributed by atoms with E-state index in [9.17, 15) is 19.7 Å². The fraction of sp³-hybridized carbons (Fsp3) is 0.333. The highest BCUT2D eigenvalue weighted by Gasteiger charge is 2.19. The molecule has 2 aromatic carbocycles. The average molecular weight is 446 g/mol. The van der Waals surface area contributed by atoms with Crippen LogP contribution in [0, 0.1) is 10.1 Å². The van der Waals surface area contributed by atoms with Gasteiger partial charge in [-0.25, -0.2) is 4.79 Å². The minimum atomic E-state index is -0.775. The zero-order valence-electron chi connectivity index (χ0n) is 15.2. The van der Waals surface area contributed by atoms with Gasteiger partial charge in [0.05, 0.1) is 15.0 Å². The summed E-state index contributed by atoms with van der Waals surface area (Å²) in [5, 5.41) is 11.0. The van der Waals surface area contributed by atoms with Gasteiger partial charge < -0.3 is 4.74 Å². The molecule has 28 heavy (non-hydrogen) atoms. The number of nitro benzene ring substituents is 1. The van der Waals surface area contributed by atoms with E-state index in [0.29, 0.717) is 11.5 Å². The summed E-state index contributed by atoms with van der Waals surface area (Å²) in [4.78, 5) is 34.8. The highest BCUT2D eigenvalue weighted by atomic mass is 79.9. The van der Waals surface area contributed by atoms with Gasteiger partial charge in [0.25, 0.3) is 5.69 Å². The molecule has 0 heterocycles. The molecule has 0 spiro atoms. The first-order valence-corrected chi connectivity index (χ1v) is 9.99. The van der Waals surface area contributed by atoms with E-state index in [-0.39, 0.29) is 21.5 Å². The van der Waals surface area contributed by atoms with E-state index in [1.54, 1.807) is 12.1 Å². The molecule has 1 fully saturated rings. The maximum absolute atomic E-state index is 12.3. The first-order chi connectivity index (χ1) is 13.5. The molecule has 1 saturated carbocycles. The standard InChI is InChI=1S/C21H20BrNO5/c22-18-11-10-17(12-19(18)23(26)27)21(25)28-13-20(24)16-8-6-15(7-9-16)14-4-2-1-3-5-14/h6-12,14H,1-5,13H2. The maximum Gasteiger partial charge on any atom is 0.338 e. The third-order valence-corrected chi connectivity index (χ3v) is 5.69.